The van der Waals surface area contributed by atoms with E-state index in [0.29, 0.717) is 0 Å². The summed E-state index contributed by atoms with van der Waals surface area (Å²) in [5.74, 6) is 0.862. The number of rotatable bonds is 5. The third-order valence-electron chi connectivity index (χ3n) is 3.35. The van der Waals surface area contributed by atoms with Gasteiger partial charge in [0.15, 0.2) is 0 Å². The highest BCUT2D eigenvalue weighted by molar-refractivity contribution is 5.30. The van der Waals surface area contributed by atoms with Crippen molar-refractivity contribution in [2.24, 2.45) is 5.73 Å². The van der Waals surface area contributed by atoms with Gasteiger partial charge in [-0.1, -0.05) is 12.1 Å². The van der Waals surface area contributed by atoms with Gasteiger partial charge in [0.1, 0.15) is 5.75 Å². The molecule has 0 aliphatic carbocycles. The summed E-state index contributed by atoms with van der Waals surface area (Å²) in [5.41, 5.74) is 8.26. The zero-order valence-corrected chi connectivity index (χ0v) is 11.8. The van der Waals surface area contributed by atoms with Crippen LogP contribution in [0.1, 0.15) is 25.0 Å². The van der Waals surface area contributed by atoms with Crippen LogP contribution in [0.5, 0.6) is 5.75 Å². The molecule has 0 fully saturated rings. The highest BCUT2D eigenvalue weighted by Crippen LogP contribution is 2.23. The molecule has 102 valence electrons. The highest BCUT2D eigenvalue weighted by atomic mass is 16.5. The molecule has 0 spiro atoms. The van der Waals surface area contributed by atoms with Crippen LogP contribution in [0.4, 0.5) is 0 Å². The summed E-state index contributed by atoms with van der Waals surface area (Å²) in [6.07, 6.45) is 4.64. The molecule has 19 heavy (non-hydrogen) atoms. The minimum absolute atomic E-state index is 0.415. The van der Waals surface area contributed by atoms with Crippen LogP contribution >= 0.6 is 0 Å². The predicted octanol–water partition coefficient (Wildman–Crippen LogP) is 2.33. The number of hydrogen-bond donors (Lipinski definition) is 1. The first-order chi connectivity index (χ1) is 9.05. The Morgan fingerprint density at radius 1 is 1.32 bits per heavy atom. The molecule has 0 saturated heterocycles. The van der Waals surface area contributed by atoms with Crippen molar-refractivity contribution in [3.8, 4) is 5.75 Å². The van der Waals surface area contributed by atoms with E-state index < -0.39 is 5.54 Å². The molecule has 0 radical (unpaired) electrons. The molecular weight excluding hydrogens is 238 g/mol. The van der Waals surface area contributed by atoms with Crippen LogP contribution in [0.2, 0.25) is 0 Å². The molecule has 0 saturated carbocycles. The van der Waals surface area contributed by atoms with Crippen LogP contribution in [0.15, 0.2) is 36.7 Å². The van der Waals surface area contributed by atoms with Crippen molar-refractivity contribution >= 4 is 0 Å². The van der Waals surface area contributed by atoms with Crippen molar-refractivity contribution in [2.45, 2.75) is 32.4 Å². The smallest absolute Gasteiger partial charge is 0.118 e. The van der Waals surface area contributed by atoms with Crippen molar-refractivity contribution < 1.29 is 4.74 Å². The lowest BCUT2D eigenvalue weighted by Gasteiger charge is -2.23. The molecule has 4 nitrogen and oxygen atoms in total. The fraction of sp³-hybridized carbons (Fsp3) is 0.400. The van der Waals surface area contributed by atoms with E-state index in [2.05, 4.69) is 12.0 Å². The lowest BCUT2D eigenvalue weighted by Crippen LogP contribution is -2.35. The van der Waals surface area contributed by atoms with E-state index in [0.717, 1.165) is 24.3 Å². The Balaban J connectivity index is 2.15. The molecule has 2 N–H and O–H groups in total. The van der Waals surface area contributed by atoms with Gasteiger partial charge in [0.05, 0.1) is 13.3 Å². The quantitative estimate of drug-likeness (QED) is 0.896. The summed E-state index contributed by atoms with van der Waals surface area (Å²) in [5, 5.41) is 4.29. The van der Waals surface area contributed by atoms with E-state index in [9.17, 15) is 0 Å². The summed E-state index contributed by atoms with van der Waals surface area (Å²) < 4.78 is 7.05. The van der Waals surface area contributed by atoms with Crippen LogP contribution in [0.25, 0.3) is 0 Å². The number of hydrogen-bond acceptors (Lipinski definition) is 3. The Morgan fingerprint density at radius 3 is 2.53 bits per heavy atom. The molecule has 1 aromatic carbocycles. The molecule has 4 heteroatoms. The molecule has 1 heterocycles. The van der Waals surface area contributed by atoms with Crippen molar-refractivity contribution in [3.05, 3.63) is 47.8 Å². The second kappa shape index (κ2) is 5.45. The maximum atomic E-state index is 6.42. The molecule has 1 atom stereocenters. The fourth-order valence-electron chi connectivity index (χ4n) is 2.10. The van der Waals surface area contributed by atoms with Crippen LogP contribution in [0.3, 0.4) is 0 Å². The Morgan fingerprint density at radius 2 is 2.00 bits per heavy atom. The van der Waals surface area contributed by atoms with Gasteiger partial charge in [-0.2, -0.15) is 5.10 Å². The number of aromatic nitrogens is 2. The van der Waals surface area contributed by atoms with Gasteiger partial charge in [-0.3, -0.25) is 4.68 Å². The van der Waals surface area contributed by atoms with Gasteiger partial charge in [0, 0.05) is 23.8 Å². The first-order valence-electron chi connectivity index (χ1n) is 6.50. The number of methoxy groups -OCH3 is 1. The lowest BCUT2D eigenvalue weighted by molar-refractivity contribution is 0.414. The Labute approximate surface area is 114 Å². The average molecular weight is 259 g/mol. The highest BCUT2D eigenvalue weighted by Gasteiger charge is 2.23. The van der Waals surface area contributed by atoms with Crippen LogP contribution < -0.4 is 10.5 Å². The van der Waals surface area contributed by atoms with Gasteiger partial charge < -0.3 is 10.5 Å². The van der Waals surface area contributed by atoms with Crippen LogP contribution in [0, 0.1) is 0 Å². The Kier molecular flexibility index (Phi) is 3.90. The third kappa shape index (κ3) is 3.15. The summed E-state index contributed by atoms with van der Waals surface area (Å²) >= 11 is 0. The maximum absolute atomic E-state index is 6.42. The van der Waals surface area contributed by atoms with Gasteiger partial charge in [-0.05, 0) is 38.0 Å². The predicted molar refractivity (Wildman–Crippen MR) is 76.1 cm³/mol. The molecular formula is C15H21N3O. The standard InChI is InChI=1S/C15H21N3O/c1-4-18-11-13(10-17-18)15(2,16)9-12-5-7-14(19-3)8-6-12/h5-8,10-11H,4,9,16H2,1-3H3. The summed E-state index contributed by atoms with van der Waals surface area (Å²) in [4.78, 5) is 0. The summed E-state index contributed by atoms with van der Waals surface area (Å²) in [7, 11) is 1.67. The van der Waals surface area contributed by atoms with E-state index in [1.807, 2.05) is 48.3 Å². The summed E-state index contributed by atoms with van der Waals surface area (Å²) in [6.45, 7) is 4.96. The molecule has 0 aliphatic heterocycles. The molecule has 2 rings (SSSR count). The largest absolute Gasteiger partial charge is 0.497 e. The Bertz CT molecular complexity index is 529. The zero-order valence-electron chi connectivity index (χ0n) is 11.8. The van der Waals surface area contributed by atoms with Gasteiger partial charge in [-0.25, -0.2) is 0 Å². The minimum Gasteiger partial charge on any atom is -0.497 e. The molecule has 0 amide bonds. The maximum Gasteiger partial charge on any atom is 0.118 e. The van der Waals surface area contributed by atoms with Crippen molar-refractivity contribution in [1.82, 2.24) is 9.78 Å². The first-order valence-corrected chi connectivity index (χ1v) is 6.50. The number of aryl methyl sites for hydroxylation is 1. The molecule has 1 unspecified atom stereocenters. The van der Waals surface area contributed by atoms with Crippen LogP contribution in [-0.2, 0) is 18.5 Å². The normalized spacial score (nSPS) is 14.1. The van der Waals surface area contributed by atoms with Crippen molar-refractivity contribution in [2.75, 3.05) is 7.11 Å². The topological polar surface area (TPSA) is 53.1 Å². The average Bonchev–Trinajstić information content (AvgIpc) is 2.89. The fourth-order valence-corrected chi connectivity index (χ4v) is 2.10. The molecule has 0 aliphatic rings. The monoisotopic (exact) mass is 259 g/mol. The minimum atomic E-state index is -0.415. The number of ether oxygens (including phenoxy) is 1. The van der Waals surface area contributed by atoms with Gasteiger partial charge in [0.2, 0.25) is 0 Å². The van der Waals surface area contributed by atoms with E-state index in [1.165, 1.54) is 5.56 Å². The summed E-state index contributed by atoms with van der Waals surface area (Å²) in [6, 6.07) is 8.02. The number of nitrogens with two attached hydrogens (primary N) is 1. The van der Waals surface area contributed by atoms with Crippen molar-refractivity contribution in [3.63, 3.8) is 0 Å². The van der Waals surface area contributed by atoms with Crippen molar-refractivity contribution in [1.29, 1.82) is 0 Å². The van der Waals surface area contributed by atoms with E-state index >= 15 is 0 Å². The van der Waals surface area contributed by atoms with Gasteiger partial charge in [-0.15, -0.1) is 0 Å². The first kappa shape index (κ1) is 13.6. The third-order valence-corrected chi connectivity index (χ3v) is 3.35. The molecule has 2 aromatic rings. The van der Waals surface area contributed by atoms with Gasteiger partial charge >= 0.3 is 0 Å². The molecule has 0 bridgehead atoms. The number of nitrogens with zero attached hydrogens (tertiary/aromatic N) is 2. The van der Waals surface area contributed by atoms with Crippen LogP contribution in [-0.4, -0.2) is 16.9 Å². The van der Waals surface area contributed by atoms with E-state index in [1.54, 1.807) is 7.11 Å². The number of benzene rings is 1. The van der Waals surface area contributed by atoms with E-state index in [4.69, 9.17) is 10.5 Å². The second-order valence-corrected chi connectivity index (χ2v) is 5.03. The Hall–Kier alpha value is -1.81. The zero-order chi connectivity index (χ0) is 13.9. The van der Waals surface area contributed by atoms with E-state index in [-0.39, 0.29) is 0 Å². The SMILES string of the molecule is CCn1cc(C(C)(N)Cc2ccc(OC)cc2)cn1. The lowest BCUT2D eigenvalue weighted by atomic mass is 9.88. The van der Waals surface area contributed by atoms with Gasteiger partial charge in [0.25, 0.3) is 0 Å². The molecule has 1 aromatic heterocycles. The second-order valence-electron chi connectivity index (χ2n) is 5.03.